The van der Waals surface area contributed by atoms with E-state index in [0.717, 1.165) is 0 Å². The Hall–Kier alpha value is -1.57. The third-order valence-electron chi connectivity index (χ3n) is 0.951. The Morgan fingerprint density at radius 1 is 1.10 bits per heavy atom. The number of hydrogen-bond donors (Lipinski definition) is 1. The van der Waals surface area contributed by atoms with E-state index in [9.17, 15) is 0 Å². The summed E-state index contributed by atoms with van der Waals surface area (Å²) in [6, 6.07) is 4.73. The summed E-state index contributed by atoms with van der Waals surface area (Å²) < 4.78 is 0. The van der Waals surface area contributed by atoms with Gasteiger partial charge in [0.25, 0.3) is 0 Å². The molecule has 4 heteroatoms. The summed E-state index contributed by atoms with van der Waals surface area (Å²) in [6.07, 6.45) is -0.645. The van der Waals surface area contributed by atoms with Gasteiger partial charge in [0.2, 0.25) is 0 Å². The fourth-order valence-electron chi connectivity index (χ4n) is 0.403. The Labute approximate surface area is 58.5 Å². The van der Waals surface area contributed by atoms with Crippen LogP contribution in [0.2, 0.25) is 0 Å². The zero-order chi connectivity index (χ0) is 8.04. The van der Waals surface area contributed by atoms with E-state index >= 15 is 0 Å². The first-order chi connectivity index (χ1) is 4.68. The predicted molar refractivity (Wildman–Crippen MR) is 31.0 cm³/mol. The van der Waals surface area contributed by atoms with Crippen LogP contribution in [0.1, 0.15) is 12.8 Å². The van der Waals surface area contributed by atoms with Crippen molar-refractivity contribution in [3.63, 3.8) is 0 Å². The molecule has 50 valence electrons. The van der Waals surface area contributed by atoms with E-state index in [1.165, 1.54) is 6.07 Å². The number of hydrogen-bond acceptors (Lipinski definition) is 4. The number of nitriles is 3. The Kier molecular flexibility index (Phi) is 2.91. The van der Waals surface area contributed by atoms with Gasteiger partial charge in [-0.1, -0.05) is 0 Å². The summed E-state index contributed by atoms with van der Waals surface area (Å²) in [4.78, 5) is 0. The molecule has 0 aromatic carbocycles. The average Bonchev–Trinajstić information content (AvgIpc) is 1.89. The second-order valence-corrected chi connectivity index (χ2v) is 1.81. The maximum atomic E-state index is 9.01. The molecule has 0 fully saturated rings. The van der Waals surface area contributed by atoms with E-state index in [2.05, 4.69) is 0 Å². The quantitative estimate of drug-likeness (QED) is 0.542. The fraction of sp³-hybridized carbons (Fsp3) is 0.500. The van der Waals surface area contributed by atoms with Crippen molar-refractivity contribution in [2.75, 3.05) is 0 Å². The SMILES string of the molecule is N#CCC(O)(C#N)CC#N. The first kappa shape index (κ1) is 8.43. The van der Waals surface area contributed by atoms with Gasteiger partial charge in [0.1, 0.15) is 0 Å². The zero-order valence-electron chi connectivity index (χ0n) is 5.20. The fourth-order valence-corrected chi connectivity index (χ4v) is 0.403. The Morgan fingerprint density at radius 3 is 1.70 bits per heavy atom. The Balaban J connectivity index is 4.18. The van der Waals surface area contributed by atoms with E-state index in [1.54, 1.807) is 12.1 Å². The van der Waals surface area contributed by atoms with Crippen molar-refractivity contribution in [2.24, 2.45) is 0 Å². The van der Waals surface area contributed by atoms with Crippen molar-refractivity contribution in [1.82, 2.24) is 0 Å². The molecule has 0 unspecified atom stereocenters. The number of nitrogens with zero attached hydrogens (tertiary/aromatic N) is 3. The normalized spacial score (nSPS) is 9.00. The van der Waals surface area contributed by atoms with Gasteiger partial charge in [0, 0.05) is 0 Å². The van der Waals surface area contributed by atoms with Crippen molar-refractivity contribution in [3.8, 4) is 18.2 Å². The van der Waals surface area contributed by atoms with Gasteiger partial charge in [-0.3, -0.25) is 0 Å². The molecule has 4 nitrogen and oxygen atoms in total. The van der Waals surface area contributed by atoms with Gasteiger partial charge in [0.15, 0.2) is 5.60 Å². The summed E-state index contributed by atoms with van der Waals surface area (Å²) in [6.45, 7) is 0. The molecule has 0 saturated heterocycles. The molecule has 0 aromatic heterocycles. The number of rotatable bonds is 2. The van der Waals surface area contributed by atoms with Gasteiger partial charge in [0.05, 0.1) is 31.0 Å². The summed E-state index contributed by atoms with van der Waals surface area (Å²) in [7, 11) is 0. The maximum absolute atomic E-state index is 9.01. The molecule has 0 bridgehead atoms. The second kappa shape index (κ2) is 3.45. The van der Waals surface area contributed by atoms with Crippen molar-refractivity contribution < 1.29 is 5.11 Å². The van der Waals surface area contributed by atoms with E-state index in [-0.39, 0.29) is 12.8 Å². The van der Waals surface area contributed by atoms with Crippen LogP contribution in [0, 0.1) is 34.0 Å². The standard InChI is InChI=1S/C6H5N3O/c7-3-1-6(10,5-9)2-4-8/h10H,1-2H2. The van der Waals surface area contributed by atoms with Crippen molar-refractivity contribution in [1.29, 1.82) is 15.8 Å². The lowest BCUT2D eigenvalue weighted by molar-refractivity contribution is 0.109. The first-order valence-corrected chi connectivity index (χ1v) is 2.56. The maximum Gasteiger partial charge on any atom is 0.176 e. The van der Waals surface area contributed by atoms with Crippen LogP contribution in [0.5, 0.6) is 0 Å². The van der Waals surface area contributed by atoms with Gasteiger partial charge in [-0.15, -0.1) is 0 Å². The van der Waals surface area contributed by atoms with Gasteiger partial charge in [-0.05, 0) is 0 Å². The molecule has 1 N–H and O–H groups in total. The van der Waals surface area contributed by atoms with Crippen LogP contribution in [0.25, 0.3) is 0 Å². The molecular formula is C6H5N3O. The lowest BCUT2D eigenvalue weighted by atomic mass is 10.00. The van der Waals surface area contributed by atoms with E-state index < -0.39 is 5.60 Å². The van der Waals surface area contributed by atoms with Gasteiger partial charge < -0.3 is 5.11 Å². The summed E-state index contributed by atoms with van der Waals surface area (Å²) >= 11 is 0. The molecule has 0 aliphatic heterocycles. The molecule has 10 heavy (non-hydrogen) atoms. The molecule has 0 rings (SSSR count). The van der Waals surface area contributed by atoms with E-state index in [0.29, 0.717) is 0 Å². The monoisotopic (exact) mass is 135 g/mol. The van der Waals surface area contributed by atoms with Crippen molar-refractivity contribution in [3.05, 3.63) is 0 Å². The van der Waals surface area contributed by atoms with Crippen LogP contribution >= 0.6 is 0 Å². The third-order valence-corrected chi connectivity index (χ3v) is 0.951. The molecule has 0 atom stereocenters. The van der Waals surface area contributed by atoms with E-state index in [4.69, 9.17) is 20.9 Å². The predicted octanol–water partition coefficient (Wildman–Crippen LogP) is 0.0684. The minimum atomic E-state index is -1.77. The Bertz CT molecular complexity index is 211. The molecule has 0 aromatic rings. The van der Waals surface area contributed by atoms with Crippen molar-refractivity contribution >= 4 is 0 Å². The van der Waals surface area contributed by atoms with E-state index in [1.807, 2.05) is 0 Å². The largest absolute Gasteiger partial charge is 0.373 e. The molecule has 0 aliphatic rings. The topological polar surface area (TPSA) is 91.6 Å². The molecule has 0 saturated carbocycles. The molecule has 0 amide bonds. The average molecular weight is 135 g/mol. The van der Waals surface area contributed by atoms with Gasteiger partial charge in [-0.25, -0.2) is 0 Å². The second-order valence-electron chi connectivity index (χ2n) is 1.81. The minimum Gasteiger partial charge on any atom is -0.373 e. The molecular weight excluding hydrogens is 130 g/mol. The van der Waals surface area contributed by atoms with Gasteiger partial charge in [-0.2, -0.15) is 15.8 Å². The highest BCUT2D eigenvalue weighted by molar-refractivity contribution is 5.09. The molecule has 0 spiro atoms. The first-order valence-electron chi connectivity index (χ1n) is 2.56. The zero-order valence-corrected chi connectivity index (χ0v) is 5.20. The van der Waals surface area contributed by atoms with Crippen LogP contribution in [0.15, 0.2) is 0 Å². The van der Waals surface area contributed by atoms with Crippen LogP contribution in [-0.2, 0) is 0 Å². The molecule has 0 aliphatic carbocycles. The highest BCUT2D eigenvalue weighted by atomic mass is 16.3. The van der Waals surface area contributed by atoms with Gasteiger partial charge >= 0.3 is 0 Å². The Morgan fingerprint density at radius 2 is 1.50 bits per heavy atom. The third kappa shape index (κ3) is 2.13. The van der Waals surface area contributed by atoms with Crippen LogP contribution < -0.4 is 0 Å². The highest BCUT2D eigenvalue weighted by Crippen LogP contribution is 2.11. The van der Waals surface area contributed by atoms with Crippen LogP contribution in [0.4, 0.5) is 0 Å². The summed E-state index contributed by atoms with van der Waals surface area (Å²) in [5.74, 6) is 0. The summed E-state index contributed by atoms with van der Waals surface area (Å²) in [5.41, 5.74) is -1.77. The highest BCUT2D eigenvalue weighted by Gasteiger charge is 2.25. The molecule has 0 radical (unpaired) electrons. The molecule has 0 heterocycles. The van der Waals surface area contributed by atoms with Crippen LogP contribution in [0.3, 0.4) is 0 Å². The van der Waals surface area contributed by atoms with Crippen LogP contribution in [-0.4, -0.2) is 10.7 Å². The van der Waals surface area contributed by atoms with Crippen molar-refractivity contribution in [2.45, 2.75) is 18.4 Å². The minimum absolute atomic E-state index is 0.322. The lowest BCUT2D eigenvalue weighted by Crippen LogP contribution is -2.24. The smallest absolute Gasteiger partial charge is 0.176 e. The number of aliphatic hydroxyl groups is 1. The summed E-state index contributed by atoms with van der Waals surface area (Å²) in [5, 5.41) is 33.4. The lowest BCUT2D eigenvalue weighted by Gasteiger charge is -2.09.